The highest BCUT2D eigenvalue weighted by molar-refractivity contribution is 7.74. The monoisotopic (exact) mass is 604 g/mol. The summed E-state index contributed by atoms with van der Waals surface area (Å²) < 4.78 is 26.0. The summed E-state index contributed by atoms with van der Waals surface area (Å²) in [6.07, 6.45) is 6.63. The second-order valence-corrected chi connectivity index (χ2v) is 11.0. The molecule has 5 rings (SSSR count). The Labute approximate surface area is 243 Å². The molecule has 0 bridgehead atoms. The number of hydrazone groups is 1. The molecule has 14 heteroatoms. The molecule has 1 aromatic heterocycles. The molecule has 3 atom stereocenters. The maximum Gasteiger partial charge on any atom is 0.359 e. The number of aromatic nitrogens is 1. The van der Waals surface area contributed by atoms with E-state index in [1.165, 1.54) is 23.1 Å². The summed E-state index contributed by atoms with van der Waals surface area (Å²) in [6, 6.07) is 8.08. The van der Waals surface area contributed by atoms with E-state index < -0.39 is 23.2 Å². The lowest BCUT2D eigenvalue weighted by Crippen LogP contribution is -2.40. The highest BCUT2D eigenvalue weighted by Crippen LogP contribution is 2.33. The first-order valence-corrected chi connectivity index (χ1v) is 14.3. The molecule has 1 aromatic carbocycles. The van der Waals surface area contributed by atoms with Gasteiger partial charge in [-0.1, -0.05) is 23.2 Å². The van der Waals surface area contributed by atoms with E-state index in [9.17, 15) is 18.4 Å². The smallest absolute Gasteiger partial charge is 0.359 e. The fourth-order valence-corrected chi connectivity index (χ4v) is 5.29. The number of rotatable bonds is 8. The van der Waals surface area contributed by atoms with Crippen molar-refractivity contribution in [1.82, 2.24) is 20.6 Å². The Morgan fingerprint density at radius 1 is 1.23 bits per heavy atom. The van der Waals surface area contributed by atoms with Gasteiger partial charge >= 0.3 is 11.4 Å². The van der Waals surface area contributed by atoms with Gasteiger partial charge in [0.15, 0.2) is 0 Å². The topological polar surface area (TPSA) is 145 Å². The lowest BCUT2D eigenvalue weighted by atomic mass is 10.0. The predicted molar refractivity (Wildman–Crippen MR) is 152 cm³/mol. The zero-order valence-electron chi connectivity index (χ0n) is 21.3. The maximum absolute atomic E-state index is 13.4. The van der Waals surface area contributed by atoms with Crippen LogP contribution in [0.2, 0.25) is 10.0 Å². The van der Waals surface area contributed by atoms with Crippen molar-refractivity contribution in [1.29, 1.82) is 0 Å². The summed E-state index contributed by atoms with van der Waals surface area (Å²) >= 11 is 9.93. The summed E-state index contributed by atoms with van der Waals surface area (Å²) in [4.78, 5) is 32.3. The number of halogens is 2. The van der Waals surface area contributed by atoms with E-state index >= 15 is 0 Å². The van der Waals surface area contributed by atoms with E-state index in [2.05, 4.69) is 26.1 Å². The van der Waals surface area contributed by atoms with E-state index in [0.717, 1.165) is 12.8 Å². The van der Waals surface area contributed by atoms with Crippen LogP contribution in [0.15, 0.2) is 65.2 Å². The number of amidine groups is 1. The van der Waals surface area contributed by atoms with Crippen molar-refractivity contribution >= 4 is 57.9 Å². The van der Waals surface area contributed by atoms with Crippen LogP contribution in [-0.2, 0) is 20.3 Å². The van der Waals surface area contributed by atoms with Gasteiger partial charge in [-0.2, -0.15) is 9.31 Å². The minimum Gasteiger partial charge on any atom is -0.361 e. The van der Waals surface area contributed by atoms with E-state index in [-0.39, 0.29) is 35.5 Å². The third-order valence-electron chi connectivity index (χ3n) is 6.83. The number of carbonyl (C=O) groups excluding carboxylic acids is 2. The molecule has 2 aliphatic heterocycles. The molecule has 4 N–H and O–H groups in total. The molecule has 40 heavy (non-hydrogen) atoms. The van der Waals surface area contributed by atoms with E-state index in [1.54, 1.807) is 30.5 Å². The highest BCUT2D eigenvalue weighted by Gasteiger charge is 2.36. The van der Waals surface area contributed by atoms with Gasteiger partial charge in [-0.15, -0.1) is 0 Å². The number of allylic oxidation sites excluding steroid dienone is 2. The molecular weight excluding hydrogens is 579 g/mol. The maximum atomic E-state index is 13.4. The molecule has 0 radical (unpaired) electrons. The van der Waals surface area contributed by atoms with Crippen LogP contribution in [0.25, 0.3) is 0 Å². The first kappa shape index (κ1) is 28.1. The van der Waals surface area contributed by atoms with Crippen molar-refractivity contribution in [2.75, 3.05) is 18.4 Å². The Hall–Kier alpha value is -3.45. The quantitative estimate of drug-likeness (QED) is 0.333. The van der Waals surface area contributed by atoms with Crippen LogP contribution >= 0.6 is 23.2 Å². The van der Waals surface area contributed by atoms with Gasteiger partial charge in [0.05, 0.1) is 34.4 Å². The van der Waals surface area contributed by atoms with Crippen LogP contribution in [0.1, 0.15) is 41.7 Å². The van der Waals surface area contributed by atoms with Crippen LogP contribution in [0.3, 0.4) is 0 Å². The Bertz CT molecular complexity index is 1460. The summed E-state index contributed by atoms with van der Waals surface area (Å²) in [7, 11) is 0. The van der Waals surface area contributed by atoms with Crippen molar-refractivity contribution in [2.45, 2.75) is 31.7 Å². The standard InChI is InChI=1S/C26H26Cl2N6O5S/c1-14(15-4-5-15)31-26(36)18-11-17(27)7-8-21(18)32-25(35)16-6-9-22(39-40(37)38)34(13-16)24-19(12-30-33-24)23-20(28)3-2-10-29-23/h2-3,6-11,14-15,19,30H,4-5,12-13H2,1H3,(H,31,36)(H,32,35)(H,37,38). The summed E-state index contributed by atoms with van der Waals surface area (Å²) in [5, 5.41) is 10.9. The van der Waals surface area contributed by atoms with Gasteiger partial charge in [0.25, 0.3) is 11.8 Å². The second-order valence-electron chi connectivity index (χ2n) is 9.58. The van der Waals surface area contributed by atoms with Gasteiger partial charge in [-0.3, -0.25) is 24.0 Å². The molecule has 1 saturated carbocycles. The van der Waals surface area contributed by atoms with Gasteiger partial charge in [0.1, 0.15) is 5.84 Å². The Morgan fingerprint density at radius 3 is 2.75 bits per heavy atom. The number of amides is 2. The van der Waals surface area contributed by atoms with Crippen molar-refractivity contribution in [2.24, 2.45) is 11.0 Å². The number of anilines is 1. The summed E-state index contributed by atoms with van der Waals surface area (Å²) in [5.74, 6) is -0.382. The lowest BCUT2D eigenvalue weighted by Gasteiger charge is -2.30. The van der Waals surface area contributed by atoms with Crippen molar-refractivity contribution in [3.05, 3.63) is 81.4 Å². The van der Waals surface area contributed by atoms with Gasteiger partial charge in [-0.25, -0.2) is 0 Å². The number of benzene rings is 1. The van der Waals surface area contributed by atoms with Crippen LogP contribution in [0.4, 0.5) is 5.69 Å². The molecule has 2 amide bonds. The average Bonchev–Trinajstić information content (AvgIpc) is 3.67. The van der Waals surface area contributed by atoms with E-state index in [1.807, 2.05) is 6.92 Å². The third kappa shape index (κ3) is 6.30. The molecule has 2 aromatic rings. The molecule has 210 valence electrons. The molecule has 11 nitrogen and oxygen atoms in total. The van der Waals surface area contributed by atoms with Crippen molar-refractivity contribution in [3.63, 3.8) is 0 Å². The highest BCUT2D eigenvalue weighted by atomic mass is 35.5. The largest absolute Gasteiger partial charge is 0.361 e. The summed E-state index contributed by atoms with van der Waals surface area (Å²) in [5.41, 5.74) is 4.27. The third-order valence-corrected chi connectivity index (χ3v) is 7.69. The van der Waals surface area contributed by atoms with Crippen LogP contribution < -0.4 is 16.1 Å². The Balaban J connectivity index is 1.38. The minimum atomic E-state index is -2.63. The predicted octanol–water partition coefficient (Wildman–Crippen LogP) is 3.79. The fourth-order valence-electron chi connectivity index (χ4n) is 4.57. The van der Waals surface area contributed by atoms with Gasteiger partial charge < -0.3 is 20.2 Å². The van der Waals surface area contributed by atoms with Crippen LogP contribution in [0, 0.1) is 5.92 Å². The first-order chi connectivity index (χ1) is 19.2. The van der Waals surface area contributed by atoms with Crippen molar-refractivity contribution in [3.8, 4) is 0 Å². The molecule has 1 fully saturated rings. The van der Waals surface area contributed by atoms with Crippen LogP contribution in [0.5, 0.6) is 0 Å². The number of hydrogen-bond donors (Lipinski definition) is 4. The molecule has 0 spiro atoms. The Morgan fingerprint density at radius 2 is 2.02 bits per heavy atom. The van der Waals surface area contributed by atoms with E-state index in [0.29, 0.717) is 39.7 Å². The second kappa shape index (κ2) is 12.0. The summed E-state index contributed by atoms with van der Waals surface area (Å²) in [6.45, 7) is 2.27. The zero-order valence-corrected chi connectivity index (χ0v) is 23.6. The van der Waals surface area contributed by atoms with E-state index in [4.69, 9.17) is 27.4 Å². The average molecular weight is 606 g/mol. The number of nitrogens with one attached hydrogen (secondary N) is 3. The SMILES string of the molecule is CC(NC(=O)c1cc(Cl)ccc1NC(=O)C1=CC=C(OS(=O)O)N(C2=NNCC2c2ncccc2Cl)C1)C1CC1. The van der Waals surface area contributed by atoms with Crippen molar-refractivity contribution < 1.29 is 22.5 Å². The fraction of sp³-hybridized carbons (Fsp3) is 0.308. The molecule has 3 heterocycles. The minimum absolute atomic E-state index is 0.00614. The first-order valence-electron chi connectivity index (χ1n) is 12.5. The van der Waals surface area contributed by atoms with Gasteiger partial charge in [-0.05, 0) is 62.1 Å². The molecule has 3 unspecified atom stereocenters. The molecule has 1 aliphatic carbocycles. The zero-order chi connectivity index (χ0) is 28.4. The molecular formula is C26H26Cl2N6O5S. The number of nitrogens with zero attached hydrogens (tertiary/aromatic N) is 3. The lowest BCUT2D eigenvalue weighted by molar-refractivity contribution is -0.113. The van der Waals surface area contributed by atoms with Gasteiger partial charge in [0, 0.05) is 35.5 Å². The number of hydrogen-bond acceptors (Lipinski definition) is 8. The number of carbonyl (C=O) groups is 2. The Kier molecular flexibility index (Phi) is 8.40. The van der Waals surface area contributed by atoms with Gasteiger partial charge in [0.2, 0.25) is 5.88 Å². The normalized spacial score (nSPS) is 19.9. The number of pyridine rings is 1. The van der Waals surface area contributed by atoms with Crippen LogP contribution in [-0.4, -0.2) is 55.4 Å². The molecule has 3 aliphatic rings. The molecule has 0 saturated heterocycles.